The lowest BCUT2D eigenvalue weighted by molar-refractivity contribution is -0.148. The fourth-order valence-electron chi connectivity index (χ4n) is 2.44. The van der Waals surface area contributed by atoms with Crippen molar-refractivity contribution in [3.8, 4) is 0 Å². The molecule has 1 heterocycles. The van der Waals surface area contributed by atoms with E-state index < -0.39 is 6.17 Å². The molecule has 0 aliphatic heterocycles. The average Bonchev–Trinajstić information content (AvgIpc) is 2.74. The normalized spacial score (nSPS) is 29.0. The minimum atomic E-state index is -0.893. The van der Waals surface area contributed by atoms with Crippen molar-refractivity contribution in [1.82, 2.24) is 4.98 Å². The highest BCUT2D eigenvalue weighted by molar-refractivity contribution is 7.09. The number of thiazole rings is 1. The molecule has 2 rings (SSSR count). The fourth-order valence-corrected chi connectivity index (χ4v) is 3.11. The Morgan fingerprint density at radius 2 is 2.35 bits per heavy atom. The van der Waals surface area contributed by atoms with Gasteiger partial charge in [0.05, 0.1) is 23.7 Å². The maximum absolute atomic E-state index is 13.4. The number of methoxy groups -OCH3 is 1. The van der Waals surface area contributed by atoms with Crippen molar-refractivity contribution in [3.05, 3.63) is 16.1 Å². The highest BCUT2D eigenvalue weighted by Gasteiger charge is 2.38. The Hall–Kier alpha value is -0.970. The van der Waals surface area contributed by atoms with E-state index in [0.717, 1.165) is 10.7 Å². The quantitative estimate of drug-likeness (QED) is 0.765. The molecule has 3 unspecified atom stereocenters. The van der Waals surface area contributed by atoms with E-state index in [-0.39, 0.29) is 24.2 Å². The number of nitrogens with zero attached hydrogens (tertiary/aromatic N) is 1. The summed E-state index contributed by atoms with van der Waals surface area (Å²) in [4.78, 5) is 16.1. The van der Waals surface area contributed by atoms with E-state index in [4.69, 9.17) is 4.74 Å². The van der Waals surface area contributed by atoms with E-state index in [1.807, 2.05) is 12.3 Å². The molecule has 1 aromatic rings. The summed E-state index contributed by atoms with van der Waals surface area (Å²) in [5.74, 6) is -0.687. The van der Waals surface area contributed by atoms with Gasteiger partial charge in [-0.2, -0.15) is 0 Å². The van der Waals surface area contributed by atoms with Gasteiger partial charge in [-0.1, -0.05) is 0 Å². The molecule has 0 N–H and O–H groups in total. The number of rotatable bonds is 2. The summed E-state index contributed by atoms with van der Waals surface area (Å²) >= 11 is 1.56. The van der Waals surface area contributed by atoms with Crippen LogP contribution >= 0.6 is 11.3 Å². The lowest BCUT2D eigenvalue weighted by Crippen LogP contribution is -2.31. The first-order valence-corrected chi connectivity index (χ1v) is 6.63. The van der Waals surface area contributed by atoms with Gasteiger partial charge in [-0.3, -0.25) is 4.79 Å². The molecule has 1 aromatic heterocycles. The zero-order chi connectivity index (χ0) is 12.4. The number of esters is 1. The molecule has 17 heavy (non-hydrogen) atoms. The predicted octanol–water partition coefficient (Wildman–Crippen LogP) is 2.85. The molecule has 0 spiro atoms. The number of hydrogen-bond donors (Lipinski definition) is 0. The monoisotopic (exact) mass is 257 g/mol. The number of alkyl halides is 1. The van der Waals surface area contributed by atoms with E-state index in [0.29, 0.717) is 12.8 Å². The first kappa shape index (κ1) is 12.5. The third-order valence-electron chi connectivity index (χ3n) is 3.31. The van der Waals surface area contributed by atoms with Gasteiger partial charge in [0.25, 0.3) is 0 Å². The standard InChI is InChI=1S/C12H16FNO2S/c1-7-14-11(6-17-7)9-4-3-8(13)5-10(9)12(15)16-2/h6,8-10H,3-5H2,1-2H3. The van der Waals surface area contributed by atoms with Gasteiger partial charge in [0.1, 0.15) is 6.17 Å². The van der Waals surface area contributed by atoms with E-state index in [9.17, 15) is 9.18 Å². The van der Waals surface area contributed by atoms with Crippen LogP contribution < -0.4 is 0 Å². The van der Waals surface area contributed by atoms with Crippen molar-refractivity contribution in [2.24, 2.45) is 5.92 Å². The van der Waals surface area contributed by atoms with Gasteiger partial charge in [-0.15, -0.1) is 11.3 Å². The SMILES string of the molecule is COC(=O)C1CC(F)CCC1c1csc(C)n1. The Balaban J connectivity index is 2.21. The molecule has 0 bridgehead atoms. The van der Waals surface area contributed by atoms with Crippen LogP contribution in [-0.4, -0.2) is 24.2 Å². The number of aryl methyl sites for hydroxylation is 1. The van der Waals surface area contributed by atoms with E-state index in [2.05, 4.69) is 4.98 Å². The number of carbonyl (C=O) groups is 1. The smallest absolute Gasteiger partial charge is 0.309 e. The average molecular weight is 257 g/mol. The van der Waals surface area contributed by atoms with Crippen molar-refractivity contribution in [2.75, 3.05) is 7.11 Å². The van der Waals surface area contributed by atoms with Crippen LogP contribution in [0.4, 0.5) is 4.39 Å². The van der Waals surface area contributed by atoms with Crippen molar-refractivity contribution >= 4 is 17.3 Å². The lowest BCUT2D eigenvalue weighted by atomic mass is 9.77. The highest BCUT2D eigenvalue weighted by Crippen LogP contribution is 2.39. The van der Waals surface area contributed by atoms with E-state index in [1.54, 1.807) is 11.3 Å². The second kappa shape index (κ2) is 5.12. The Morgan fingerprint density at radius 3 is 2.94 bits per heavy atom. The molecule has 0 saturated heterocycles. The maximum atomic E-state index is 13.4. The van der Waals surface area contributed by atoms with Crippen LogP contribution in [0.15, 0.2) is 5.38 Å². The van der Waals surface area contributed by atoms with Gasteiger partial charge in [0, 0.05) is 11.3 Å². The van der Waals surface area contributed by atoms with Crippen LogP contribution in [-0.2, 0) is 9.53 Å². The van der Waals surface area contributed by atoms with Crippen LogP contribution in [0.1, 0.15) is 35.9 Å². The van der Waals surface area contributed by atoms with Crippen LogP contribution in [0.5, 0.6) is 0 Å². The van der Waals surface area contributed by atoms with Crippen LogP contribution in [0.25, 0.3) is 0 Å². The van der Waals surface area contributed by atoms with E-state index in [1.165, 1.54) is 7.11 Å². The summed E-state index contributed by atoms with van der Waals surface area (Å²) < 4.78 is 18.2. The molecular weight excluding hydrogens is 241 g/mol. The summed E-state index contributed by atoms with van der Waals surface area (Å²) in [6.45, 7) is 1.93. The maximum Gasteiger partial charge on any atom is 0.309 e. The molecule has 0 amide bonds. The number of ether oxygens (including phenoxy) is 1. The summed E-state index contributed by atoms with van der Waals surface area (Å²) in [6, 6.07) is 0. The lowest BCUT2D eigenvalue weighted by Gasteiger charge is -2.30. The minimum absolute atomic E-state index is 0.0133. The second-order valence-electron chi connectivity index (χ2n) is 4.44. The van der Waals surface area contributed by atoms with Gasteiger partial charge in [-0.25, -0.2) is 9.37 Å². The van der Waals surface area contributed by atoms with Gasteiger partial charge in [-0.05, 0) is 26.2 Å². The highest BCUT2D eigenvalue weighted by atomic mass is 32.1. The van der Waals surface area contributed by atoms with Gasteiger partial charge in [0.15, 0.2) is 0 Å². The molecule has 3 nitrogen and oxygen atoms in total. The minimum Gasteiger partial charge on any atom is -0.469 e. The summed E-state index contributed by atoms with van der Waals surface area (Å²) in [7, 11) is 1.35. The van der Waals surface area contributed by atoms with Crippen molar-refractivity contribution in [1.29, 1.82) is 0 Å². The Labute approximate surface area is 104 Å². The Kier molecular flexibility index (Phi) is 3.76. The fraction of sp³-hybridized carbons (Fsp3) is 0.667. The first-order valence-electron chi connectivity index (χ1n) is 5.75. The third-order valence-corrected chi connectivity index (χ3v) is 4.10. The van der Waals surface area contributed by atoms with Crippen LogP contribution in [0.3, 0.4) is 0 Å². The van der Waals surface area contributed by atoms with Crippen LogP contribution in [0, 0.1) is 12.8 Å². The molecule has 3 atom stereocenters. The molecular formula is C12H16FNO2S. The second-order valence-corrected chi connectivity index (χ2v) is 5.50. The summed E-state index contributed by atoms with van der Waals surface area (Å²) in [5.41, 5.74) is 0.912. The van der Waals surface area contributed by atoms with Gasteiger partial charge in [0.2, 0.25) is 0 Å². The largest absolute Gasteiger partial charge is 0.469 e. The van der Waals surface area contributed by atoms with Crippen molar-refractivity contribution in [2.45, 2.75) is 38.3 Å². The topological polar surface area (TPSA) is 39.2 Å². The zero-order valence-corrected chi connectivity index (χ0v) is 10.8. The number of carbonyl (C=O) groups excluding carboxylic acids is 1. The molecule has 1 aliphatic rings. The van der Waals surface area contributed by atoms with Crippen molar-refractivity contribution < 1.29 is 13.9 Å². The molecule has 1 saturated carbocycles. The molecule has 94 valence electrons. The molecule has 1 aliphatic carbocycles. The number of halogens is 1. The summed E-state index contributed by atoms with van der Waals surface area (Å²) in [6.07, 6.45) is 0.544. The van der Waals surface area contributed by atoms with Crippen molar-refractivity contribution in [3.63, 3.8) is 0 Å². The third kappa shape index (κ3) is 2.65. The molecule has 0 radical (unpaired) electrons. The zero-order valence-electron chi connectivity index (χ0n) is 9.98. The predicted molar refractivity (Wildman–Crippen MR) is 63.8 cm³/mol. The molecule has 0 aromatic carbocycles. The first-order chi connectivity index (χ1) is 8.11. The van der Waals surface area contributed by atoms with E-state index >= 15 is 0 Å². The molecule has 5 heteroatoms. The Bertz CT molecular complexity index is 407. The van der Waals surface area contributed by atoms with Gasteiger partial charge < -0.3 is 4.74 Å². The number of aromatic nitrogens is 1. The van der Waals surface area contributed by atoms with Gasteiger partial charge >= 0.3 is 5.97 Å². The van der Waals surface area contributed by atoms with Crippen LogP contribution in [0.2, 0.25) is 0 Å². The summed E-state index contributed by atoms with van der Waals surface area (Å²) in [5, 5.41) is 2.94. The molecule has 1 fully saturated rings. The Morgan fingerprint density at radius 1 is 1.59 bits per heavy atom. The number of hydrogen-bond acceptors (Lipinski definition) is 4.